The summed E-state index contributed by atoms with van der Waals surface area (Å²) >= 11 is 0. The highest BCUT2D eigenvalue weighted by Gasteiger charge is 2.06. The highest BCUT2D eigenvalue weighted by molar-refractivity contribution is 4.83. The Balaban J connectivity index is 2.22. The molecule has 1 atom stereocenters. The molecule has 0 aliphatic carbocycles. The fourth-order valence-corrected chi connectivity index (χ4v) is 1.08. The van der Waals surface area contributed by atoms with Gasteiger partial charge < -0.3 is 5.32 Å². The maximum Gasteiger partial charge on any atom is 0.00141 e. The first-order valence-corrected chi connectivity index (χ1v) is 3.27. The molecule has 46 valence electrons. The minimum atomic E-state index is 0.740. The maximum atomic E-state index is 3.74. The molecular formula is C7H13N. The second-order valence-corrected chi connectivity index (χ2v) is 2.34. The smallest absolute Gasteiger partial charge is 0.00141 e. The molecule has 0 saturated carbocycles. The van der Waals surface area contributed by atoms with Crippen LogP contribution >= 0.6 is 0 Å². The predicted octanol–water partition coefficient (Wildman–Crippen LogP) is 1.17. The van der Waals surface area contributed by atoms with E-state index in [9.17, 15) is 0 Å². The van der Waals surface area contributed by atoms with E-state index < -0.39 is 0 Å². The minimum Gasteiger partial charge on any atom is -0.316 e. The van der Waals surface area contributed by atoms with E-state index in [-0.39, 0.29) is 0 Å². The van der Waals surface area contributed by atoms with Crippen molar-refractivity contribution in [2.45, 2.75) is 12.8 Å². The van der Waals surface area contributed by atoms with E-state index in [1.165, 1.54) is 19.4 Å². The summed E-state index contributed by atoms with van der Waals surface area (Å²) < 4.78 is 0. The third-order valence-electron chi connectivity index (χ3n) is 1.67. The second kappa shape index (κ2) is 2.88. The van der Waals surface area contributed by atoms with Crippen molar-refractivity contribution in [3.8, 4) is 0 Å². The topological polar surface area (TPSA) is 12.0 Å². The van der Waals surface area contributed by atoms with Gasteiger partial charge in [0.2, 0.25) is 0 Å². The molecule has 8 heavy (non-hydrogen) atoms. The van der Waals surface area contributed by atoms with Crippen LogP contribution in [0.2, 0.25) is 0 Å². The number of piperidine rings is 1. The number of rotatable bonds is 1. The van der Waals surface area contributed by atoms with E-state index in [1.54, 1.807) is 0 Å². The number of hydrogen-bond acceptors (Lipinski definition) is 1. The van der Waals surface area contributed by atoms with E-state index in [0.29, 0.717) is 0 Å². The molecule has 1 aliphatic heterocycles. The summed E-state index contributed by atoms with van der Waals surface area (Å²) in [5, 5.41) is 3.31. The lowest BCUT2D eigenvalue weighted by Crippen LogP contribution is -2.28. The van der Waals surface area contributed by atoms with Gasteiger partial charge in [-0.1, -0.05) is 6.08 Å². The first-order chi connectivity index (χ1) is 3.93. The Morgan fingerprint density at radius 1 is 1.62 bits per heavy atom. The summed E-state index contributed by atoms with van der Waals surface area (Å²) in [4.78, 5) is 0. The summed E-state index contributed by atoms with van der Waals surface area (Å²) in [5.41, 5.74) is 0. The molecule has 1 fully saturated rings. The molecule has 1 aliphatic rings. The van der Waals surface area contributed by atoms with Crippen LogP contribution in [-0.2, 0) is 0 Å². The Morgan fingerprint density at radius 3 is 2.88 bits per heavy atom. The summed E-state index contributed by atoms with van der Waals surface area (Å²) in [6.45, 7) is 6.09. The molecule has 0 aromatic rings. The van der Waals surface area contributed by atoms with Crippen molar-refractivity contribution in [1.29, 1.82) is 0 Å². The highest BCUT2D eigenvalue weighted by Crippen LogP contribution is 2.09. The zero-order chi connectivity index (χ0) is 5.82. The normalized spacial score (nSPS) is 29.8. The van der Waals surface area contributed by atoms with Crippen LogP contribution in [0.5, 0.6) is 0 Å². The van der Waals surface area contributed by atoms with Gasteiger partial charge in [-0.15, -0.1) is 6.58 Å². The lowest BCUT2D eigenvalue weighted by Gasteiger charge is -2.18. The summed E-state index contributed by atoms with van der Waals surface area (Å²) in [6.07, 6.45) is 4.69. The van der Waals surface area contributed by atoms with Gasteiger partial charge in [0.05, 0.1) is 0 Å². The van der Waals surface area contributed by atoms with E-state index in [4.69, 9.17) is 0 Å². The molecule has 0 radical (unpaired) electrons. The van der Waals surface area contributed by atoms with Crippen molar-refractivity contribution < 1.29 is 0 Å². The van der Waals surface area contributed by atoms with E-state index in [0.717, 1.165) is 12.5 Å². The monoisotopic (exact) mass is 111 g/mol. The van der Waals surface area contributed by atoms with Crippen LogP contribution in [0.1, 0.15) is 12.8 Å². The van der Waals surface area contributed by atoms with Gasteiger partial charge in [0.15, 0.2) is 0 Å². The van der Waals surface area contributed by atoms with E-state index >= 15 is 0 Å². The van der Waals surface area contributed by atoms with Crippen LogP contribution in [0.15, 0.2) is 12.7 Å². The molecule has 0 spiro atoms. The molecule has 0 aromatic carbocycles. The molecule has 1 rings (SSSR count). The molecule has 0 amide bonds. The Kier molecular flexibility index (Phi) is 2.10. The minimum absolute atomic E-state index is 0.740. The van der Waals surface area contributed by atoms with E-state index in [2.05, 4.69) is 11.9 Å². The van der Waals surface area contributed by atoms with Crippen molar-refractivity contribution in [2.75, 3.05) is 13.1 Å². The molecule has 0 aromatic heterocycles. The van der Waals surface area contributed by atoms with E-state index in [1.807, 2.05) is 6.08 Å². The molecule has 1 heterocycles. The van der Waals surface area contributed by atoms with Crippen LogP contribution in [0.3, 0.4) is 0 Å². The van der Waals surface area contributed by atoms with Gasteiger partial charge in [0.25, 0.3) is 0 Å². The molecule has 1 unspecified atom stereocenters. The van der Waals surface area contributed by atoms with Gasteiger partial charge in [0.1, 0.15) is 0 Å². The van der Waals surface area contributed by atoms with Crippen molar-refractivity contribution in [3.05, 3.63) is 12.7 Å². The molecule has 1 N–H and O–H groups in total. The Morgan fingerprint density at radius 2 is 2.50 bits per heavy atom. The molecular weight excluding hydrogens is 98.1 g/mol. The standard InChI is InChI=1S/C7H13N/c1-2-7-4-3-5-8-6-7/h2,7-8H,1,3-6H2. The second-order valence-electron chi connectivity index (χ2n) is 2.34. The van der Waals surface area contributed by atoms with Gasteiger partial charge in [-0.2, -0.15) is 0 Å². The maximum absolute atomic E-state index is 3.74. The number of hydrogen-bond donors (Lipinski definition) is 1. The lowest BCUT2D eigenvalue weighted by molar-refractivity contribution is 0.439. The summed E-state index contributed by atoms with van der Waals surface area (Å²) in [6, 6.07) is 0. The van der Waals surface area contributed by atoms with Gasteiger partial charge in [0, 0.05) is 6.54 Å². The molecule has 1 saturated heterocycles. The lowest BCUT2D eigenvalue weighted by atomic mass is 10.0. The van der Waals surface area contributed by atoms with Crippen molar-refractivity contribution >= 4 is 0 Å². The predicted molar refractivity (Wildman–Crippen MR) is 35.8 cm³/mol. The molecule has 1 nitrogen and oxygen atoms in total. The third kappa shape index (κ3) is 1.34. The average molecular weight is 111 g/mol. The summed E-state index contributed by atoms with van der Waals surface area (Å²) in [7, 11) is 0. The Hall–Kier alpha value is -0.300. The fourth-order valence-electron chi connectivity index (χ4n) is 1.08. The van der Waals surface area contributed by atoms with Gasteiger partial charge >= 0.3 is 0 Å². The van der Waals surface area contributed by atoms with Gasteiger partial charge in [-0.05, 0) is 25.3 Å². The highest BCUT2D eigenvalue weighted by atomic mass is 14.9. The third-order valence-corrected chi connectivity index (χ3v) is 1.67. The Labute approximate surface area is 50.8 Å². The quantitative estimate of drug-likeness (QED) is 0.501. The largest absolute Gasteiger partial charge is 0.316 e. The van der Waals surface area contributed by atoms with Crippen molar-refractivity contribution in [1.82, 2.24) is 5.32 Å². The first-order valence-electron chi connectivity index (χ1n) is 3.27. The van der Waals surface area contributed by atoms with Crippen molar-refractivity contribution in [2.24, 2.45) is 5.92 Å². The van der Waals surface area contributed by atoms with Crippen LogP contribution in [-0.4, -0.2) is 13.1 Å². The number of nitrogens with one attached hydrogen (secondary N) is 1. The average Bonchev–Trinajstić information content (AvgIpc) is 1.90. The van der Waals surface area contributed by atoms with Gasteiger partial charge in [-0.25, -0.2) is 0 Å². The first kappa shape index (κ1) is 5.83. The fraction of sp³-hybridized carbons (Fsp3) is 0.714. The SMILES string of the molecule is C=CC1CCCNC1. The van der Waals surface area contributed by atoms with Crippen LogP contribution in [0.25, 0.3) is 0 Å². The van der Waals surface area contributed by atoms with Crippen molar-refractivity contribution in [3.63, 3.8) is 0 Å². The van der Waals surface area contributed by atoms with Crippen LogP contribution in [0.4, 0.5) is 0 Å². The van der Waals surface area contributed by atoms with Crippen LogP contribution < -0.4 is 5.32 Å². The molecule has 1 heteroatoms. The zero-order valence-electron chi connectivity index (χ0n) is 5.19. The molecule has 0 bridgehead atoms. The zero-order valence-corrected chi connectivity index (χ0v) is 5.19. The summed E-state index contributed by atoms with van der Waals surface area (Å²) in [5.74, 6) is 0.740. The Bertz CT molecular complexity index is 72.5. The van der Waals surface area contributed by atoms with Gasteiger partial charge in [-0.3, -0.25) is 0 Å². The van der Waals surface area contributed by atoms with Crippen LogP contribution in [0, 0.1) is 5.92 Å².